The van der Waals surface area contributed by atoms with E-state index < -0.39 is 0 Å². The molecule has 5 nitrogen and oxygen atoms in total. The number of hydrogen-bond acceptors (Lipinski definition) is 5. The molecule has 0 N–H and O–H groups in total. The van der Waals surface area contributed by atoms with Gasteiger partial charge in [-0.1, -0.05) is 166 Å². The van der Waals surface area contributed by atoms with Crippen LogP contribution in [0.25, 0.3) is 123 Å². The molecule has 0 amide bonds. The molecule has 13 rings (SSSR count). The van der Waals surface area contributed by atoms with Crippen molar-refractivity contribution in [2.45, 2.75) is 19.3 Å². The van der Waals surface area contributed by atoms with Gasteiger partial charge in [-0.2, -0.15) is 0 Å². The Balaban J connectivity index is 0.935. The fourth-order valence-electron chi connectivity index (χ4n) is 10.0. The average Bonchev–Trinajstić information content (AvgIpc) is 4.01. The SMILES string of the molecule is CC1(C)c2ccccc2-c2ccc(-c3cccc(-c4ccc5oc6cccc(-c7nc(-c8ccc(-c9ccccc9)cc8)nc(-c8ccc9c(c8)oc8ccccc89)n7)c6c5c4)c3)cc21. The van der Waals surface area contributed by atoms with E-state index in [1.165, 1.54) is 33.4 Å². The highest BCUT2D eigenvalue weighted by atomic mass is 16.3. The molecule has 65 heavy (non-hydrogen) atoms. The van der Waals surface area contributed by atoms with Crippen LogP contribution in [0.2, 0.25) is 0 Å². The van der Waals surface area contributed by atoms with E-state index in [-0.39, 0.29) is 5.41 Å². The van der Waals surface area contributed by atoms with Gasteiger partial charge in [0.2, 0.25) is 0 Å². The summed E-state index contributed by atoms with van der Waals surface area (Å²) in [5, 5.41) is 4.08. The Morgan fingerprint density at radius 2 is 0.846 bits per heavy atom. The van der Waals surface area contributed by atoms with Crippen LogP contribution in [-0.4, -0.2) is 15.0 Å². The first kappa shape index (κ1) is 37.2. The van der Waals surface area contributed by atoms with Crippen LogP contribution >= 0.6 is 0 Å². The van der Waals surface area contributed by atoms with E-state index in [0.717, 1.165) is 82.8 Å². The first-order valence-corrected chi connectivity index (χ1v) is 22.1. The zero-order valence-electron chi connectivity index (χ0n) is 35.7. The van der Waals surface area contributed by atoms with Gasteiger partial charge >= 0.3 is 0 Å². The molecule has 0 saturated carbocycles. The third-order valence-corrected chi connectivity index (χ3v) is 13.4. The van der Waals surface area contributed by atoms with Gasteiger partial charge in [0.1, 0.15) is 22.3 Å². The number of aromatic nitrogens is 3. The van der Waals surface area contributed by atoms with Crippen LogP contribution in [-0.2, 0) is 5.41 Å². The van der Waals surface area contributed by atoms with Crippen molar-refractivity contribution in [2.75, 3.05) is 0 Å². The molecule has 0 fully saturated rings. The van der Waals surface area contributed by atoms with Crippen LogP contribution in [0.15, 0.2) is 209 Å². The van der Waals surface area contributed by atoms with E-state index in [0.29, 0.717) is 17.5 Å². The zero-order chi connectivity index (χ0) is 43.2. The highest BCUT2D eigenvalue weighted by molar-refractivity contribution is 6.13. The lowest BCUT2D eigenvalue weighted by Crippen LogP contribution is -2.14. The van der Waals surface area contributed by atoms with Crippen molar-refractivity contribution in [1.82, 2.24) is 15.0 Å². The van der Waals surface area contributed by atoms with Crippen molar-refractivity contribution in [3.05, 3.63) is 211 Å². The third kappa shape index (κ3) is 6.04. The Morgan fingerprint density at radius 3 is 1.71 bits per heavy atom. The topological polar surface area (TPSA) is 65.0 Å². The fourth-order valence-corrected chi connectivity index (χ4v) is 10.0. The van der Waals surface area contributed by atoms with Crippen LogP contribution < -0.4 is 0 Å². The number of nitrogens with zero attached hydrogens (tertiary/aromatic N) is 3. The standard InChI is InChI=1S/C60H39N3O2/c1-60(2)50-19-8-6-16-44(50)45-29-26-42(34-51(45)60)40-15-10-14-39(32-40)41-28-31-53-49(33-41)56-48(18-11-21-54(56)64-53)59-62-57(38-24-22-37(23-25-38)36-12-4-3-5-13-36)61-58(63-59)43-27-30-47-46-17-7-9-20-52(46)65-55(47)35-43/h3-35H,1-2H3. The average molecular weight is 834 g/mol. The highest BCUT2D eigenvalue weighted by Gasteiger charge is 2.35. The number of fused-ring (bicyclic) bond motifs is 9. The molecule has 1 aliphatic carbocycles. The van der Waals surface area contributed by atoms with E-state index in [1.807, 2.05) is 42.5 Å². The van der Waals surface area contributed by atoms with Crippen molar-refractivity contribution in [1.29, 1.82) is 0 Å². The number of benzene rings is 9. The Labute approximate surface area is 375 Å². The second kappa shape index (κ2) is 14.3. The molecule has 0 atom stereocenters. The summed E-state index contributed by atoms with van der Waals surface area (Å²) < 4.78 is 12.9. The lowest BCUT2D eigenvalue weighted by atomic mass is 9.81. The summed E-state index contributed by atoms with van der Waals surface area (Å²) in [7, 11) is 0. The van der Waals surface area contributed by atoms with Crippen LogP contribution in [0.3, 0.4) is 0 Å². The van der Waals surface area contributed by atoms with E-state index in [1.54, 1.807) is 0 Å². The molecule has 5 heteroatoms. The Kier molecular flexibility index (Phi) is 8.18. The van der Waals surface area contributed by atoms with E-state index >= 15 is 0 Å². The minimum atomic E-state index is -0.0696. The number of para-hydroxylation sites is 1. The molecular formula is C60H39N3O2. The third-order valence-electron chi connectivity index (χ3n) is 13.4. The van der Waals surface area contributed by atoms with Gasteiger partial charge in [0.15, 0.2) is 17.5 Å². The van der Waals surface area contributed by atoms with Gasteiger partial charge in [0, 0.05) is 43.7 Å². The van der Waals surface area contributed by atoms with Crippen molar-refractivity contribution in [3.8, 4) is 78.7 Å². The van der Waals surface area contributed by atoms with E-state index in [4.69, 9.17) is 23.8 Å². The fraction of sp³-hybridized carbons (Fsp3) is 0.0500. The molecule has 306 valence electrons. The summed E-state index contributed by atoms with van der Waals surface area (Å²) >= 11 is 0. The van der Waals surface area contributed by atoms with Crippen LogP contribution in [0, 0.1) is 0 Å². The van der Waals surface area contributed by atoms with Gasteiger partial charge in [0.05, 0.1) is 0 Å². The Bertz CT molecular complexity index is 3860. The van der Waals surface area contributed by atoms with Crippen LogP contribution in [0.5, 0.6) is 0 Å². The molecule has 0 bridgehead atoms. The second-order valence-corrected chi connectivity index (χ2v) is 17.6. The number of hydrogen-bond donors (Lipinski definition) is 0. The van der Waals surface area contributed by atoms with Crippen molar-refractivity contribution in [2.24, 2.45) is 0 Å². The van der Waals surface area contributed by atoms with Crippen molar-refractivity contribution >= 4 is 43.9 Å². The lowest BCUT2D eigenvalue weighted by Gasteiger charge is -2.22. The highest BCUT2D eigenvalue weighted by Crippen LogP contribution is 2.50. The van der Waals surface area contributed by atoms with Crippen LogP contribution in [0.4, 0.5) is 0 Å². The summed E-state index contributed by atoms with van der Waals surface area (Å²) in [4.78, 5) is 15.6. The lowest BCUT2D eigenvalue weighted by molar-refractivity contribution is 0.660. The molecule has 3 aromatic heterocycles. The molecule has 3 heterocycles. The first-order valence-electron chi connectivity index (χ1n) is 22.1. The van der Waals surface area contributed by atoms with Crippen LogP contribution in [0.1, 0.15) is 25.0 Å². The molecule has 0 unspecified atom stereocenters. The molecule has 0 spiro atoms. The molecule has 0 aliphatic heterocycles. The predicted molar refractivity (Wildman–Crippen MR) is 265 cm³/mol. The maximum atomic E-state index is 6.57. The number of furan rings is 2. The molecule has 0 radical (unpaired) electrons. The van der Waals surface area contributed by atoms with Gasteiger partial charge in [0.25, 0.3) is 0 Å². The summed E-state index contributed by atoms with van der Waals surface area (Å²) in [6, 6.07) is 70.3. The largest absolute Gasteiger partial charge is 0.456 e. The van der Waals surface area contributed by atoms with Crippen molar-refractivity contribution in [3.63, 3.8) is 0 Å². The van der Waals surface area contributed by atoms with Gasteiger partial charge in [-0.15, -0.1) is 0 Å². The van der Waals surface area contributed by atoms with E-state index in [9.17, 15) is 0 Å². The smallest absolute Gasteiger partial charge is 0.164 e. The quantitative estimate of drug-likeness (QED) is 0.167. The molecule has 12 aromatic rings. The maximum Gasteiger partial charge on any atom is 0.164 e. The summed E-state index contributed by atoms with van der Waals surface area (Å²) in [5.74, 6) is 1.69. The minimum Gasteiger partial charge on any atom is -0.456 e. The minimum absolute atomic E-state index is 0.0696. The summed E-state index contributed by atoms with van der Waals surface area (Å²) in [6.45, 7) is 4.67. The number of rotatable bonds is 6. The molecule has 9 aromatic carbocycles. The first-order chi connectivity index (χ1) is 31.9. The normalized spacial score (nSPS) is 12.9. The molecular weight excluding hydrogens is 795 g/mol. The Hall–Kier alpha value is -8.41. The predicted octanol–water partition coefficient (Wildman–Crippen LogP) is 16.0. The van der Waals surface area contributed by atoms with Gasteiger partial charge in [-0.25, -0.2) is 15.0 Å². The van der Waals surface area contributed by atoms with Gasteiger partial charge < -0.3 is 8.83 Å². The zero-order valence-corrected chi connectivity index (χ0v) is 35.7. The van der Waals surface area contributed by atoms with Crippen molar-refractivity contribution < 1.29 is 8.83 Å². The molecule has 0 saturated heterocycles. The van der Waals surface area contributed by atoms with Gasteiger partial charge in [-0.05, 0) is 104 Å². The summed E-state index contributed by atoms with van der Waals surface area (Å²) in [6.07, 6.45) is 0. The molecule has 1 aliphatic rings. The Morgan fingerprint density at radius 1 is 0.308 bits per heavy atom. The van der Waals surface area contributed by atoms with E-state index in [2.05, 4.69) is 172 Å². The summed E-state index contributed by atoms with van der Waals surface area (Å²) in [5.41, 5.74) is 18.0. The maximum absolute atomic E-state index is 6.57. The second-order valence-electron chi connectivity index (χ2n) is 17.6. The monoisotopic (exact) mass is 833 g/mol. The van der Waals surface area contributed by atoms with Gasteiger partial charge in [-0.3, -0.25) is 0 Å².